The lowest BCUT2D eigenvalue weighted by molar-refractivity contribution is 0.106. The second-order valence-corrected chi connectivity index (χ2v) is 15.6. The third-order valence-electron chi connectivity index (χ3n) is 14.0. The van der Waals surface area contributed by atoms with Crippen LogP contribution in [0.2, 0.25) is 0 Å². The Bertz CT molecular complexity index is 2020. The molecule has 0 amide bonds. The van der Waals surface area contributed by atoms with Crippen molar-refractivity contribution in [3.8, 4) is 22.3 Å². The molecule has 3 bridgehead atoms. The summed E-state index contributed by atoms with van der Waals surface area (Å²) in [6, 6.07) is 44.9. The van der Waals surface area contributed by atoms with Crippen molar-refractivity contribution in [1.29, 1.82) is 0 Å². The van der Waals surface area contributed by atoms with E-state index in [2.05, 4.69) is 120 Å². The Kier molecular flexibility index (Phi) is 5.23. The number of fused-ring (bicyclic) bond motifs is 14. The summed E-state index contributed by atoms with van der Waals surface area (Å²) in [4.78, 5) is 2.57. The molecule has 11 rings (SSSR count). The molecule has 2 spiro atoms. The van der Waals surface area contributed by atoms with E-state index < -0.39 is 0 Å². The van der Waals surface area contributed by atoms with Gasteiger partial charge in [-0.15, -0.1) is 0 Å². The topological polar surface area (TPSA) is 3.24 Å². The zero-order valence-electron chi connectivity index (χ0n) is 26.6. The van der Waals surface area contributed by atoms with Gasteiger partial charge in [0.05, 0.1) is 0 Å². The molecule has 5 unspecified atom stereocenters. The summed E-state index contributed by atoms with van der Waals surface area (Å²) in [5.41, 5.74) is 16.5. The van der Waals surface area contributed by atoms with Crippen LogP contribution in [0.4, 0.5) is 17.1 Å². The van der Waals surface area contributed by atoms with Crippen LogP contribution in [0.25, 0.3) is 22.3 Å². The molecule has 0 heterocycles. The van der Waals surface area contributed by atoms with E-state index in [4.69, 9.17) is 0 Å². The van der Waals surface area contributed by atoms with Gasteiger partial charge >= 0.3 is 0 Å². The van der Waals surface area contributed by atoms with Gasteiger partial charge in [0.25, 0.3) is 0 Å². The number of hydrogen-bond acceptors (Lipinski definition) is 1. The van der Waals surface area contributed by atoms with Crippen molar-refractivity contribution >= 4 is 17.1 Å². The second-order valence-electron chi connectivity index (χ2n) is 15.6. The lowest BCUT2D eigenvalue weighted by Crippen LogP contribution is -2.45. The van der Waals surface area contributed by atoms with E-state index in [1.807, 2.05) is 0 Å². The summed E-state index contributed by atoms with van der Waals surface area (Å²) in [6.45, 7) is 0. The van der Waals surface area contributed by atoms with Crippen LogP contribution in [-0.4, -0.2) is 0 Å². The standard InChI is InChI=1S/C45H41N/c1-2-10-33(11-3-1)46(34-18-20-38-36-12-4-6-14-40(36)44(42(38)27-34)22-8-9-23-44)35-19-21-39-37-13-5-7-15-41(37)45(43(39)28-35)31-17-16-29-24-32(45)26-30(29)25-31/h1-7,10-15,18-21,27-32H,8-9,16-17,22-26H2. The molecule has 0 saturated heterocycles. The van der Waals surface area contributed by atoms with E-state index in [9.17, 15) is 0 Å². The van der Waals surface area contributed by atoms with Gasteiger partial charge in [-0.25, -0.2) is 0 Å². The summed E-state index contributed by atoms with van der Waals surface area (Å²) in [6.07, 6.45) is 12.3. The summed E-state index contributed by atoms with van der Waals surface area (Å²) in [7, 11) is 0. The van der Waals surface area contributed by atoms with Gasteiger partial charge in [0.15, 0.2) is 0 Å². The maximum Gasteiger partial charge on any atom is 0.0465 e. The first-order valence-corrected chi connectivity index (χ1v) is 18.1. The number of benzene rings is 5. The Morgan fingerprint density at radius 2 is 1.04 bits per heavy atom. The van der Waals surface area contributed by atoms with Gasteiger partial charge in [-0.05, 0) is 150 Å². The maximum atomic E-state index is 2.65. The predicted octanol–water partition coefficient (Wildman–Crippen LogP) is 11.7. The van der Waals surface area contributed by atoms with Gasteiger partial charge < -0.3 is 4.90 Å². The van der Waals surface area contributed by atoms with Crippen LogP contribution in [0.15, 0.2) is 115 Å². The van der Waals surface area contributed by atoms with Crippen LogP contribution in [-0.2, 0) is 10.8 Å². The first-order valence-electron chi connectivity index (χ1n) is 18.1. The van der Waals surface area contributed by atoms with E-state index in [0.717, 1.165) is 23.7 Å². The van der Waals surface area contributed by atoms with E-state index in [1.54, 1.807) is 22.3 Å². The van der Waals surface area contributed by atoms with Crippen molar-refractivity contribution in [3.63, 3.8) is 0 Å². The number of nitrogens with zero attached hydrogens (tertiary/aromatic N) is 1. The highest BCUT2D eigenvalue weighted by atomic mass is 15.1. The number of anilines is 3. The van der Waals surface area contributed by atoms with Gasteiger partial charge in [-0.3, -0.25) is 0 Å². The molecule has 1 nitrogen and oxygen atoms in total. The third kappa shape index (κ3) is 3.17. The molecule has 46 heavy (non-hydrogen) atoms. The first-order chi connectivity index (χ1) is 22.8. The number of rotatable bonds is 3. The van der Waals surface area contributed by atoms with Gasteiger partial charge in [0.1, 0.15) is 0 Å². The molecule has 6 aliphatic rings. The summed E-state index contributed by atoms with van der Waals surface area (Å²) in [5.74, 6) is 3.46. The Labute approximate surface area is 273 Å². The first kappa shape index (κ1) is 26.0. The molecule has 0 aliphatic heterocycles. The smallest absolute Gasteiger partial charge is 0.0465 e. The lowest BCUT2D eigenvalue weighted by Gasteiger charge is -2.49. The molecule has 0 N–H and O–H groups in total. The quantitative estimate of drug-likeness (QED) is 0.201. The molecule has 5 aromatic carbocycles. The Balaban J connectivity index is 1.12. The fourth-order valence-corrected chi connectivity index (χ4v) is 12.3. The summed E-state index contributed by atoms with van der Waals surface area (Å²) >= 11 is 0. The molecule has 0 aromatic heterocycles. The monoisotopic (exact) mass is 595 g/mol. The van der Waals surface area contributed by atoms with Crippen molar-refractivity contribution in [2.45, 2.75) is 68.6 Å². The average Bonchev–Trinajstić information content (AvgIpc) is 3.85. The van der Waals surface area contributed by atoms with Crippen molar-refractivity contribution in [3.05, 3.63) is 138 Å². The average molecular weight is 596 g/mol. The predicted molar refractivity (Wildman–Crippen MR) is 189 cm³/mol. The van der Waals surface area contributed by atoms with Crippen LogP contribution in [0.3, 0.4) is 0 Å². The zero-order valence-corrected chi connectivity index (χ0v) is 26.6. The summed E-state index contributed by atoms with van der Waals surface area (Å²) in [5, 5.41) is 0. The minimum Gasteiger partial charge on any atom is -0.310 e. The Morgan fingerprint density at radius 3 is 1.83 bits per heavy atom. The fourth-order valence-electron chi connectivity index (χ4n) is 12.3. The van der Waals surface area contributed by atoms with E-state index >= 15 is 0 Å². The molecule has 4 saturated carbocycles. The maximum absolute atomic E-state index is 2.65. The SMILES string of the molecule is c1ccc(N(c2ccc3c(c2)C2(CCCC2)c2ccccc2-3)c2ccc3c(c2)C2(c4ccccc4-3)C3CCC4CC2CC4C3)cc1. The van der Waals surface area contributed by atoms with E-state index in [0.29, 0.717) is 0 Å². The molecule has 226 valence electrons. The van der Waals surface area contributed by atoms with Crippen LogP contribution < -0.4 is 4.90 Å². The minimum absolute atomic E-state index is 0.161. The van der Waals surface area contributed by atoms with Crippen LogP contribution >= 0.6 is 0 Å². The molecule has 0 radical (unpaired) electrons. The Hall–Kier alpha value is -4.10. The highest BCUT2D eigenvalue weighted by Gasteiger charge is 2.62. The summed E-state index contributed by atoms with van der Waals surface area (Å²) < 4.78 is 0. The fraction of sp³-hybridized carbons (Fsp3) is 0.333. The Morgan fingerprint density at radius 1 is 0.457 bits per heavy atom. The van der Waals surface area contributed by atoms with Gasteiger partial charge in [-0.1, -0.05) is 91.7 Å². The third-order valence-corrected chi connectivity index (χ3v) is 14.0. The van der Waals surface area contributed by atoms with Crippen LogP contribution in [0, 0.1) is 23.7 Å². The van der Waals surface area contributed by atoms with Crippen molar-refractivity contribution in [2.24, 2.45) is 23.7 Å². The molecule has 1 heteroatoms. The molecular weight excluding hydrogens is 555 g/mol. The van der Waals surface area contributed by atoms with Gasteiger partial charge in [0.2, 0.25) is 0 Å². The van der Waals surface area contributed by atoms with Gasteiger partial charge in [-0.2, -0.15) is 0 Å². The van der Waals surface area contributed by atoms with E-state index in [-0.39, 0.29) is 10.8 Å². The number of hydrogen-bond donors (Lipinski definition) is 0. The highest BCUT2D eigenvalue weighted by molar-refractivity contribution is 5.89. The van der Waals surface area contributed by atoms with Gasteiger partial charge in [0, 0.05) is 27.9 Å². The van der Waals surface area contributed by atoms with Crippen molar-refractivity contribution in [2.75, 3.05) is 4.90 Å². The lowest BCUT2D eigenvalue weighted by atomic mass is 9.54. The van der Waals surface area contributed by atoms with Crippen molar-refractivity contribution in [1.82, 2.24) is 0 Å². The second kappa shape index (κ2) is 9.25. The molecule has 5 atom stereocenters. The van der Waals surface area contributed by atoms with Crippen LogP contribution in [0.5, 0.6) is 0 Å². The minimum atomic E-state index is 0.161. The number of para-hydroxylation sites is 1. The zero-order chi connectivity index (χ0) is 30.0. The van der Waals surface area contributed by atoms with Crippen LogP contribution in [0.1, 0.15) is 80.0 Å². The van der Waals surface area contributed by atoms with Crippen molar-refractivity contribution < 1.29 is 0 Å². The normalized spacial score (nSPS) is 28.3. The molecular formula is C45H41N. The molecule has 4 fully saturated rings. The molecule has 6 aliphatic carbocycles. The van der Waals surface area contributed by atoms with E-state index in [1.165, 1.54) is 97.1 Å². The highest BCUT2D eigenvalue weighted by Crippen LogP contribution is 2.70. The largest absolute Gasteiger partial charge is 0.310 e. The molecule has 5 aromatic rings.